The molecule has 2 nitrogen and oxygen atoms in total. The normalized spacial score (nSPS) is 15.2. The Morgan fingerprint density at radius 3 is 1.89 bits per heavy atom. The highest BCUT2D eigenvalue weighted by Gasteiger charge is 2.26. The fourth-order valence-corrected chi connectivity index (χ4v) is 2.88. The minimum Gasteiger partial charge on any atom is -0.365 e. The molecular weight excluding hydrogens is 232 g/mol. The zero-order valence-electron chi connectivity index (χ0n) is 14.1. The number of rotatable bonds is 7. The van der Waals surface area contributed by atoms with Crippen molar-refractivity contribution in [2.75, 3.05) is 4.90 Å². The zero-order valence-corrected chi connectivity index (χ0v) is 14.1. The van der Waals surface area contributed by atoms with Gasteiger partial charge in [-0.3, -0.25) is 4.99 Å². The average molecular weight is 264 g/mol. The summed E-state index contributed by atoms with van der Waals surface area (Å²) in [6.45, 7) is 18.1. The van der Waals surface area contributed by atoms with Gasteiger partial charge in [-0.25, -0.2) is 0 Å². The van der Waals surface area contributed by atoms with E-state index in [2.05, 4.69) is 60.3 Å². The highest BCUT2D eigenvalue weighted by atomic mass is 15.2. The molecule has 0 radical (unpaired) electrons. The summed E-state index contributed by atoms with van der Waals surface area (Å²) in [4.78, 5) is 7.49. The third-order valence-electron chi connectivity index (χ3n) is 3.77. The first kappa shape index (κ1) is 16.3. The quantitative estimate of drug-likeness (QED) is 0.720. The van der Waals surface area contributed by atoms with Gasteiger partial charge in [0.2, 0.25) is 0 Å². The van der Waals surface area contributed by atoms with Crippen molar-refractivity contribution >= 4 is 5.69 Å². The largest absolute Gasteiger partial charge is 0.365 e. The lowest BCUT2D eigenvalue weighted by molar-refractivity contribution is 0.482. The molecule has 110 valence electrons. The van der Waals surface area contributed by atoms with Gasteiger partial charge in [-0.15, -0.1) is 0 Å². The third-order valence-corrected chi connectivity index (χ3v) is 3.77. The van der Waals surface area contributed by atoms with Crippen LogP contribution >= 0.6 is 0 Å². The van der Waals surface area contributed by atoms with Gasteiger partial charge in [-0.05, 0) is 53.4 Å². The van der Waals surface area contributed by atoms with Crippen LogP contribution in [-0.2, 0) is 0 Å². The standard InChI is InChI=1S/C17H32N2/c1-9-15(10-11(2)3)18-16-14(8)17(16)19(12(4)5)13(6)7/h11-13,15H,9-10H2,1-8H3/t15-/m1/s1. The van der Waals surface area contributed by atoms with Crippen LogP contribution in [0.3, 0.4) is 0 Å². The summed E-state index contributed by atoms with van der Waals surface area (Å²) in [7, 11) is 0. The molecule has 0 aliphatic heterocycles. The molecule has 0 aromatic heterocycles. The van der Waals surface area contributed by atoms with Crippen molar-refractivity contribution in [3.05, 3.63) is 10.9 Å². The van der Waals surface area contributed by atoms with Gasteiger partial charge in [0.1, 0.15) is 0 Å². The molecule has 0 saturated heterocycles. The van der Waals surface area contributed by atoms with Crippen LogP contribution in [0, 0.1) is 12.8 Å². The maximum atomic E-state index is 5.00. The van der Waals surface area contributed by atoms with Gasteiger partial charge in [-0.2, -0.15) is 0 Å². The smallest absolute Gasteiger partial charge is 0.0865 e. The summed E-state index contributed by atoms with van der Waals surface area (Å²) in [5.74, 6) is 0.725. The van der Waals surface area contributed by atoms with E-state index in [9.17, 15) is 0 Å². The maximum absolute atomic E-state index is 5.00. The van der Waals surface area contributed by atoms with Crippen molar-refractivity contribution in [3.8, 4) is 0 Å². The van der Waals surface area contributed by atoms with Crippen molar-refractivity contribution in [2.24, 2.45) is 10.9 Å². The fourth-order valence-electron chi connectivity index (χ4n) is 2.88. The highest BCUT2D eigenvalue weighted by Crippen LogP contribution is 2.26. The van der Waals surface area contributed by atoms with E-state index in [1.165, 1.54) is 23.0 Å². The van der Waals surface area contributed by atoms with Crippen molar-refractivity contribution < 1.29 is 0 Å². The second-order valence-electron chi connectivity index (χ2n) is 6.74. The van der Waals surface area contributed by atoms with E-state index >= 15 is 0 Å². The Labute approximate surface area is 119 Å². The highest BCUT2D eigenvalue weighted by molar-refractivity contribution is 5.65. The van der Waals surface area contributed by atoms with Crippen LogP contribution in [0.1, 0.15) is 66.9 Å². The Morgan fingerprint density at radius 1 is 1.00 bits per heavy atom. The third kappa shape index (κ3) is 4.09. The van der Waals surface area contributed by atoms with Gasteiger partial charge < -0.3 is 4.90 Å². The zero-order chi connectivity index (χ0) is 14.7. The minimum absolute atomic E-state index is 0.489. The molecule has 1 aromatic rings. The molecule has 0 heterocycles. The van der Waals surface area contributed by atoms with Gasteiger partial charge in [0, 0.05) is 17.6 Å². The first-order valence-corrected chi connectivity index (χ1v) is 7.87. The molecule has 0 bridgehead atoms. The predicted octanol–water partition coefficient (Wildman–Crippen LogP) is 4.22. The van der Waals surface area contributed by atoms with Crippen LogP contribution < -0.4 is 10.3 Å². The average Bonchev–Trinajstić information content (AvgIpc) is 2.87. The van der Waals surface area contributed by atoms with E-state index in [1.807, 2.05) is 0 Å². The molecule has 0 amide bonds. The number of anilines is 1. The van der Waals surface area contributed by atoms with Crippen LogP contribution in [-0.4, -0.2) is 18.1 Å². The number of hydrogen-bond donors (Lipinski definition) is 0. The first-order chi connectivity index (χ1) is 8.79. The Kier molecular flexibility index (Phi) is 5.64. The lowest BCUT2D eigenvalue weighted by Gasteiger charge is -2.29. The van der Waals surface area contributed by atoms with E-state index in [0.29, 0.717) is 18.1 Å². The second-order valence-corrected chi connectivity index (χ2v) is 6.74. The summed E-state index contributed by atoms with van der Waals surface area (Å²) < 4.78 is 0. The SMILES string of the molecule is CC[C@H](CC(C)C)N=c1c(C)c1N(C(C)C)C(C)C. The molecule has 0 spiro atoms. The van der Waals surface area contributed by atoms with Crippen LogP contribution in [0.2, 0.25) is 0 Å². The van der Waals surface area contributed by atoms with Crippen LogP contribution in [0.15, 0.2) is 4.99 Å². The Balaban J connectivity index is 2.92. The fraction of sp³-hybridized carbons (Fsp3) is 0.824. The van der Waals surface area contributed by atoms with E-state index < -0.39 is 0 Å². The molecule has 2 heteroatoms. The summed E-state index contributed by atoms with van der Waals surface area (Å²) >= 11 is 0. The molecule has 0 aliphatic rings. The molecule has 1 rings (SSSR count). The summed E-state index contributed by atoms with van der Waals surface area (Å²) in [5.41, 5.74) is 2.82. The first-order valence-electron chi connectivity index (χ1n) is 7.87. The van der Waals surface area contributed by atoms with E-state index in [4.69, 9.17) is 4.99 Å². The maximum Gasteiger partial charge on any atom is 0.0865 e. The van der Waals surface area contributed by atoms with Gasteiger partial charge in [-0.1, -0.05) is 20.8 Å². The predicted molar refractivity (Wildman–Crippen MR) is 85.4 cm³/mol. The molecule has 0 saturated carbocycles. The molecule has 0 N–H and O–H groups in total. The Bertz CT molecular complexity index is 398. The second kappa shape index (κ2) is 6.58. The van der Waals surface area contributed by atoms with Crippen molar-refractivity contribution in [2.45, 2.75) is 86.4 Å². The van der Waals surface area contributed by atoms with Crippen LogP contribution in [0.4, 0.5) is 5.69 Å². The molecule has 1 atom stereocenters. The van der Waals surface area contributed by atoms with E-state index in [0.717, 1.165) is 12.3 Å². The molecule has 19 heavy (non-hydrogen) atoms. The minimum atomic E-state index is 0.489. The van der Waals surface area contributed by atoms with Crippen molar-refractivity contribution in [1.82, 2.24) is 0 Å². The van der Waals surface area contributed by atoms with Gasteiger partial charge in [0.15, 0.2) is 0 Å². The van der Waals surface area contributed by atoms with Crippen LogP contribution in [0.25, 0.3) is 0 Å². The topological polar surface area (TPSA) is 15.6 Å². The number of nitrogens with zero attached hydrogens (tertiary/aromatic N) is 2. The monoisotopic (exact) mass is 264 g/mol. The molecule has 0 fully saturated rings. The summed E-state index contributed by atoms with van der Waals surface area (Å²) in [6.07, 6.45) is 2.34. The molecule has 0 unspecified atom stereocenters. The van der Waals surface area contributed by atoms with Crippen LogP contribution in [0.5, 0.6) is 0 Å². The van der Waals surface area contributed by atoms with E-state index in [1.54, 1.807) is 0 Å². The van der Waals surface area contributed by atoms with Gasteiger partial charge >= 0.3 is 0 Å². The molecular formula is C17H32N2. The van der Waals surface area contributed by atoms with E-state index in [-0.39, 0.29) is 0 Å². The summed E-state index contributed by atoms with van der Waals surface area (Å²) in [6, 6.07) is 1.58. The van der Waals surface area contributed by atoms with Gasteiger partial charge in [0.25, 0.3) is 0 Å². The van der Waals surface area contributed by atoms with Crippen molar-refractivity contribution in [1.29, 1.82) is 0 Å². The summed E-state index contributed by atoms with van der Waals surface area (Å²) in [5, 5.41) is 1.29. The Hall–Kier alpha value is -0.790. The van der Waals surface area contributed by atoms with Crippen molar-refractivity contribution in [3.63, 3.8) is 0 Å². The lowest BCUT2D eigenvalue weighted by Crippen LogP contribution is -2.36. The lowest BCUT2D eigenvalue weighted by atomic mass is 10.0. The number of hydrogen-bond acceptors (Lipinski definition) is 2. The molecule has 0 aliphatic carbocycles. The van der Waals surface area contributed by atoms with Gasteiger partial charge in [0.05, 0.1) is 17.1 Å². The Morgan fingerprint density at radius 2 is 1.53 bits per heavy atom. The molecule has 1 aromatic carbocycles.